The van der Waals surface area contributed by atoms with Crippen LogP contribution < -0.4 is 5.01 Å². The molecule has 2 aromatic rings. The van der Waals surface area contributed by atoms with Gasteiger partial charge in [-0.25, -0.2) is 0 Å². The molecule has 0 saturated carbocycles. The molecule has 2 heterocycles. The van der Waals surface area contributed by atoms with Crippen LogP contribution in [-0.4, -0.2) is 11.1 Å². The number of anilines is 1. The maximum atomic E-state index is 4.87. The first-order valence-corrected chi connectivity index (χ1v) is 8.96. The van der Waals surface area contributed by atoms with E-state index in [1.165, 1.54) is 22.5 Å². The van der Waals surface area contributed by atoms with Gasteiger partial charge < -0.3 is 0 Å². The lowest BCUT2D eigenvalue weighted by Gasteiger charge is -2.34. The molecule has 0 radical (unpaired) electrons. The lowest BCUT2D eigenvalue weighted by Crippen LogP contribution is -2.33. The number of para-hydroxylation sites is 1. The fourth-order valence-electron chi connectivity index (χ4n) is 3.46. The zero-order chi connectivity index (χ0) is 15.8. The van der Waals surface area contributed by atoms with E-state index in [0.29, 0.717) is 16.5 Å². The van der Waals surface area contributed by atoms with Gasteiger partial charge >= 0.3 is 0 Å². The quantitative estimate of drug-likeness (QED) is 0.701. The van der Waals surface area contributed by atoms with Crippen molar-refractivity contribution in [2.45, 2.75) is 24.5 Å². The van der Waals surface area contributed by atoms with Crippen molar-refractivity contribution < 1.29 is 0 Å². The molecule has 0 fully saturated rings. The second kappa shape index (κ2) is 5.89. The van der Waals surface area contributed by atoms with Gasteiger partial charge in [-0.1, -0.05) is 60.2 Å². The van der Waals surface area contributed by atoms with Gasteiger partial charge in [0.15, 0.2) is 0 Å². The number of thioether (sulfide) groups is 1. The van der Waals surface area contributed by atoms with Gasteiger partial charge in [0.2, 0.25) is 0 Å². The third-order valence-corrected chi connectivity index (χ3v) is 6.03. The Morgan fingerprint density at radius 3 is 2.26 bits per heavy atom. The second-order valence-electron chi connectivity index (χ2n) is 6.17. The maximum Gasteiger partial charge on any atom is 0.110 e. The molecule has 2 aliphatic rings. The van der Waals surface area contributed by atoms with Gasteiger partial charge in [0.1, 0.15) is 5.37 Å². The van der Waals surface area contributed by atoms with Crippen LogP contribution in [0.3, 0.4) is 0 Å². The van der Waals surface area contributed by atoms with Crippen molar-refractivity contribution in [2.75, 3.05) is 5.01 Å². The van der Waals surface area contributed by atoms with Crippen LogP contribution in [0.25, 0.3) is 0 Å². The Morgan fingerprint density at radius 2 is 1.57 bits per heavy atom. The van der Waals surface area contributed by atoms with E-state index in [0.717, 1.165) is 0 Å². The van der Waals surface area contributed by atoms with E-state index in [1.54, 1.807) is 0 Å². The summed E-state index contributed by atoms with van der Waals surface area (Å²) in [5.41, 5.74) is 5.19. The normalized spacial score (nSPS) is 26.5. The highest BCUT2D eigenvalue weighted by atomic mass is 32.2. The van der Waals surface area contributed by atoms with E-state index in [2.05, 4.69) is 85.6 Å². The Balaban J connectivity index is 1.70. The van der Waals surface area contributed by atoms with Crippen LogP contribution in [0.4, 0.5) is 5.69 Å². The zero-order valence-electron chi connectivity index (χ0n) is 13.4. The summed E-state index contributed by atoms with van der Waals surface area (Å²) >= 11 is 2.00. The summed E-state index contributed by atoms with van der Waals surface area (Å²) in [6.07, 6.45) is 2.41. The highest BCUT2D eigenvalue weighted by molar-refractivity contribution is 8.00. The van der Waals surface area contributed by atoms with Gasteiger partial charge in [-0.3, -0.25) is 5.01 Å². The van der Waals surface area contributed by atoms with Crippen LogP contribution in [0, 0.1) is 5.92 Å². The molecule has 116 valence electrons. The molecule has 0 spiro atoms. The first-order chi connectivity index (χ1) is 11.2. The Labute approximate surface area is 141 Å². The largest absolute Gasteiger partial charge is 0.251 e. The van der Waals surface area contributed by atoms with Gasteiger partial charge in [-0.15, -0.1) is 11.8 Å². The number of fused-ring (bicyclic) bond motifs is 1. The first kappa shape index (κ1) is 14.6. The third-order valence-electron chi connectivity index (χ3n) is 4.58. The number of hydrogen-bond donors (Lipinski definition) is 0. The lowest BCUT2D eigenvalue weighted by molar-refractivity contribution is 0.726. The molecule has 4 rings (SSSR count). The van der Waals surface area contributed by atoms with Gasteiger partial charge in [0.25, 0.3) is 0 Å². The lowest BCUT2D eigenvalue weighted by atomic mass is 9.93. The third kappa shape index (κ3) is 2.59. The fraction of sp³-hybridized carbons (Fsp3) is 0.250. The summed E-state index contributed by atoms with van der Waals surface area (Å²) in [6.45, 7) is 4.40. The van der Waals surface area contributed by atoms with E-state index in [-0.39, 0.29) is 0 Å². The molecule has 0 N–H and O–H groups in total. The number of benzene rings is 2. The molecule has 2 nitrogen and oxygen atoms in total. The fourth-order valence-corrected chi connectivity index (χ4v) is 5.22. The molecule has 0 bridgehead atoms. The van der Waals surface area contributed by atoms with E-state index in [9.17, 15) is 0 Å². The topological polar surface area (TPSA) is 15.6 Å². The summed E-state index contributed by atoms with van der Waals surface area (Å²) in [5.74, 6) is 0.417. The minimum Gasteiger partial charge on any atom is -0.251 e. The van der Waals surface area contributed by atoms with Crippen molar-refractivity contribution in [3.05, 3.63) is 77.9 Å². The minimum atomic E-state index is 0.340. The van der Waals surface area contributed by atoms with E-state index in [4.69, 9.17) is 5.10 Å². The summed E-state index contributed by atoms with van der Waals surface area (Å²) in [7, 11) is 0. The van der Waals surface area contributed by atoms with Crippen LogP contribution >= 0.6 is 11.8 Å². The summed E-state index contributed by atoms with van der Waals surface area (Å²) in [6, 6.07) is 21.3. The molecule has 23 heavy (non-hydrogen) atoms. The summed E-state index contributed by atoms with van der Waals surface area (Å²) < 4.78 is 0. The van der Waals surface area contributed by atoms with Crippen molar-refractivity contribution in [1.82, 2.24) is 0 Å². The standard InChI is InChI=1S/C20H20N2S/c1-14-13-18(16-9-5-3-6-10-16)23-20-19(14)15(2)21-22(20)17-11-7-4-8-12-17/h3-13,18-20H,1-2H3/t18-,19-,20-/m1/s1. The molecule has 0 aliphatic carbocycles. The van der Waals surface area contributed by atoms with Crippen LogP contribution in [0.2, 0.25) is 0 Å². The minimum absolute atomic E-state index is 0.340. The van der Waals surface area contributed by atoms with Gasteiger partial charge in [-0.05, 0) is 31.5 Å². The zero-order valence-corrected chi connectivity index (χ0v) is 14.2. The van der Waals surface area contributed by atoms with Crippen molar-refractivity contribution in [3.8, 4) is 0 Å². The Morgan fingerprint density at radius 1 is 0.913 bits per heavy atom. The summed E-state index contributed by atoms with van der Waals surface area (Å²) in [4.78, 5) is 0. The van der Waals surface area contributed by atoms with Gasteiger partial charge in [-0.2, -0.15) is 5.10 Å². The Hall–Kier alpha value is -2.00. The molecule has 3 atom stereocenters. The van der Waals surface area contributed by atoms with Crippen molar-refractivity contribution in [2.24, 2.45) is 11.0 Å². The molecule has 2 aromatic carbocycles. The summed E-state index contributed by atoms with van der Waals surface area (Å²) in [5, 5.41) is 7.81. The Bertz CT molecular complexity index is 752. The molecule has 0 saturated heterocycles. The molecular weight excluding hydrogens is 300 g/mol. The van der Waals surface area contributed by atoms with E-state index < -0.39 is 0 Å². The molecule has 0 aromatic heterocycles. The highest BCUT2D eigenvalue weighted by Gasteiger charge is 2.41. The predicted molar refractivity (Wildman–Crippen MR) is 99.8 cm³/mol. The smallest absolute Gasteiger partial charge is 0.110 e. The second-order valence-corrected chi connectivity index (χ2v) is 7.43. The monoisotopic (exact) mass is 320 g/mol. The average molecular weight is 320 g/mol. The first-order valence-electron chi connectivity index (χ1n) is 8.02. The maximum absolute atomic E-state index is 4.87. The van der Waals surface area contributed by atoms with Crippen molar-refractivity contribution in [3.63, 3.8) is 0 Å². The van der Waals surface area contributed by atoms with E-state index in [1.807, 2.05) is 11.8 Å². The van der Waals surface area contributed by atoms with Gasteiger partial charge in [0, 0.05) is 5.71 Å². The SMILES string of the molecule is CC1=C[C@H](c2ccccc2)S[C@@H]2[C@H]1C(C)=NN2c1ccccc1. The number of hydrogen-bond acceptors (Lipinski definition) is 3. The van der Waals surface area contributed by atoms with Crippen LogP contribution in [0.1, 0.15) is 24.7 Å². The molecule has 2 aliphatic heterocycles. The highest BCUT2D eigenvalue weighted by Crippen LogP contribution is 2.49. The molecule has 3 heteroatoms. The van der Waals surface area contributed by atoms with Crippen molar-refractivity contribution in [1.29, 1.82) is 0 Å². The molecular formula is C20H20N2S. The van der Waals surface area contributed by atoms with Gasteiger partial charge in [0.05, 0.1) is 16.9 Å². The number of nitrogens with zero attached hydrogens (tertiary/aromatic N) is 2. The van der Waals surface area contributed by atoms with Crippen LogP contribution in [0.15, 0.2) is 77.4 Å². The Kier molecular flexibility index (Phi) is 3.74. The van der Waals surface area contributed by atoms with Crippen LogP contribution in [0.5, 0.6) is 0 Å². The molecule has 0 amide bonds. The average Bonchev–Trinajstić information content (AvgIpc) is 2.94. The predicted octanol–water partition coefficient (Wildman–Crippen LogP) is 5.26. The van der Waals surface area contributed by atoms with Crippen molar-refractivity contribution >= 4 is 23.2 Å². The molecule has 0 unspecified atom stereocenters. The van der Waals surface area contributed by atoms with E-state index >= 15 is 0 Å². The number of rotatable bonds is 2. The number of hydrazone groups is 1. The van der Waals surface area contributed by atoms with Crippen LogP contribution in [-0.2, 0) is 0 Å².